The van der Waals surface area contributed by atoms with Gasteiger partial charge in [-0.25, -0.2) is 0 Å². The van der Waals surface area contributed by atoms with E-state index in [-0.39, 0.29) is 0 Å². The van der Waals surface area contributed by atoms with Crippen molar-refractivity contribution in [1.82, 2.24) is 30.4 Å². The fourth-order valence-electron chi connectivity index (χ4n) is 6.60. The average molecular weight is 768 g/mol. The number of tetrazole rings is 1. The van der Waals surface area contributed by atoms with Gasteiger partial charge in [0.1, 0.15) is 0 Å². The number of rotatable bonds is 35. The summed E-state index contributed by atoms with van der Waals surface area (Å²) >= 11 is 0. The van der Waals surface area contributed by atoms with Gasteiger partial charge in [0.15, 0.2) is 5.82 Å². The summed E-state index contributed by atoms with van der Waals surface area (Å²) in [5.74, 6) is 1.49. The van der Waals surface area contributed by atoms with Crippen LogP contribution in [0.3, 0.4) is 0 Å². The Balaban J connectivity index is 0.00000107. The number of hydrogen-bond acceptors (Lipinski definition) is 6. The first-order valence-electron chi connectivity index (χ1n) is 22.8. The van der Waals surface area contributed by atoms with Gasteiger partial charge in [-0.3, -0.25) is 9.59 Å². The highest BCUT2D eigenvalue weighted by atomic mass is 16.2. The van der Waals surface area contributed by atoms with Crippen LogP contribution < -0.4 is 0 Å². The van der Waals surface area contributed by atoms with Crippen molar-refractivity contribution in [3.8, 4) is 6.07 Å². The van der Waals surface area contributed by atoms with E-state index in [0.717, 1.165) is 102 Å². The van der Waals surface area contributed by atoms with Crippen LogP contribution in [-0.4, -0.2) is 67.4 Å². The summed E-state index contributed by atoms with van der Waals surface area (Å²) in [6.07, 6.45) is 40.2. The van der Waals surface area contributed by atoms with E-state index in [0.29, 0.717) is 43.2 Å². The number of allylic oxidation sites excluding steroid dienone is 4. The standard InChI is InChI=1S/C23H43N5O.C23H42N2O/c1-4-5-6-16-19-23(29)28(21(2)3)20-17-14-12-10-8-7-9-11-13-15-18-22-24-26-27-25-22;1-4-5-6-16-19-23(26)25(22(2)3)21-18-15-13-11-9-7-8-10-12-14-17-20-24/h8,10,21H,4-7,9,11-20H2,1-3H3,(H,24,25,26,27);9,11,22H,4-8,10,12-19,21H2,1-3H3/b10-8-;11-9-. The van der Waals surface area contributed by atoms with Crippen molar-refractivity contribution in [3.63, 3.8) is 0 Å². The van der Waals surface area contributed by atoms with Crippen LogP contribution in [0.5, 0.6) is 0 Å². The highest BCUT2D eigenvalue weighted by Crippen LogP contribution is 2.13. The molecule has 1 heterocycles. The van der Waals surface area contributed by atoms with Crippen LogP contribution >= 0.6 is 0 Å². The number of carbonyl (C=O) groups excluding carboxylic acids is 2. The molecule has 1 aromatic rings. The summed E-state index contributed by atoms with van der Waals surface area (Å²) in [4.78, 5) is 28.9. The number of hydrogen-bond donors (Lipinski definition) is 1. The lowest BCUT2D eigenvalue weighted by Crippen LogP contribution is -2.37. The SMILES string of the molecule is CCCCCCC(=O)N(CCCC/C=C\CCCCCCC#N)C(C)C.CCCCCCC(=O)N(CCCC/C=C\CCCCCCc1nn[nH]n1)C(C)C. The van der Waals surface area contributed by atoms with E-state index in [4.69, 9.17) is 5.26 Å². The second-order valence-corrected chi connectivity index (χ2v) is 15.8. The minimum absolute atomic E-state index is 0.310. The molecule has 1 N–H and O–H groups in total. The monoisotopic (exact) mass is 768 g/mol. The summed E-state index contributed by atoms with van der Waals surface area (Å²) in [6, 6.07) is 2.82. The van der Waals surface area contributed by atoms with Crippen molar-refractivity contribution in [2.24, 2.45) is 0 Å². The van der Waals surface area contributed by atoms with Crippen LogP contribution in [-0.2, 0) is 16.0 Å². The van der Waals surface area contributed by atoms with Gasteiger partial charge in [0.25, 0.3) is 0 Å². The van der Waals surface area contributed by atoms with Gasteiger partial charge < -0.3 is 9.80 Å². The Kier molecular flexibility index (Phi) is 37.1. The summed E-state index contributed by atoms with van der Waals surface area (Å²) in [5.41, 5.74) is 0. The number of nitrogens with zero attached hydrogens (tertiary/aromatic N) is 6. The third kappa shape index (κ3) is 32.9. The molecule has 2 amide bonds. The van der Waals surface area contributed by atoms with Gasteiger partial charge in [-0.05, 0) is 118 Å². The van der Waals surface area contributed by atoms with Gasteiger partial charge >= 0.3 is 0 Å². The molecule has 0 bridgehead atoms. The van der Waals surface area contributed by atoms with Gasteiger partial charge in [0, 0.05) is 50.9 Å². The molecule has 316 valence electrons. The Morgan fingerprint density at radius 3 is 1.42 bits per heavy atom. The van der Waals surface area contributed by atoms with Crippen molar-refractivity contribution in [1.29, 1.82) is 5.26 Å². The number of nitrogens with one attached hydrogen (secondary N) is 1. The zero-order chi connectivity index (χ0) is 40.6. The summed E-state index contributed by atoms with van der Waals surface area (Å²) in [7, 11) is 0. The molecular weight excluding hydrogens is 683 g/mol. The van der Waals surface area contributed by atoms with Crippen molar-refractivity contribution in [2.45, 2.75) is 233 Å². The minimum atomic E-state index is 0.310. The topological polar surface area (TPSA) is 119 Å². The lowest BCUT2D eigenvalue weighted by Gasteiger charge is -2.27. The van der Waals surface area contributed by atoms with E-state index in [1.165, 1.54) is 77.0 Å². The number of nitriles is 1. The first-order valence-corrected chi connectivity index (χ1v) is 22.8. The Hall–Kier alpha value is -3.02. The number of H-pyrrole nitrogens is 1. The number of amides is 2. The van der Waals surface area contributed by atoms with E-state index in [1.54, 1.807) is 0 Å². The average Bonchev–Trinajstić information content (AvgIpc) is 3.69. The molecular formula is C46H85N7O2. The molecule has 0 spiro atoms. The largest absolute Gasteiger partial charge is 0.340 e. The third-order valence-corrected chi connectivity index (χ3v) is 10.1. The van der Waals surface area contributed by atoms with Gasteiger partial charge in [0.2, 0.25) is 11.8 Å². The Bertz CT molecular complexity index is 1090. The Labute approximate surface area is 338 Å². The number of aryl methyl sites for hydroxylation is 1. The third-order valence-electron chi connectivity index (χ3n) is 10.1. The Morgan fingerprint density at radius 2 is 1.02 bits per heavy atom. The molecule has 0 aliphatic carbocycles. The van der Waals surface area contributed by atoms with Crippen LogP contribution in [0.1, 0.15) is 221 Å². The van der Waals surface area contributed by atoms with Crippen LogP contribution in [0.25, 0.3) is 0 Å². The molecule has 0 saturated heterocycles. The quantitative estimate of drug-likeness (QED) is 0.0542. The number of aromatic amines is 1. The second-order valence-electron chi connectivity index (χ2n) is 15.8. The molecule has 0 atom stereocenters. The second kappa shape index (κ2) is 39.2. The van der Waals surface area contributed by atoms with Crippen LogP contribution in [0, 0.1) is 11.3 Å². The maximum atomic E-state index is 12.4. The Morgan fingerprint density at radius 1 is 0.600 bits per heavy atom. The first kappa shape index (κ1) is 52.0. The number of unbranched alkanes of at least 4 members (excludes halogenated alkanes) is 19. The van der Waals surface area contributed by atoms with Gasteiger partial charge in [0.05, 0.1) is 6.07 Å². The molecule has 9 nitrogen and oxygen atoms in total. The molecule has 9 heteroatoms. The molecule has 0 fully saturated rings. The molecule has 0 saturated carbocycles. The predicted molar refractivity (Wildman–Crippen MR) is 231 cm³/mol. The van der Waals surface area contributed by atoms with Gasteiger partial charge in [-0.1, -0.05) is 108 Å². The zero-order valence-electron chi connectivity index (χ0n) is 36.7. The lowest BCUT2D eigenvalue weighted by molar-refractivity contribution is -0.134. The maximum absolute atomic E-state index is 12.4. The molecule has 0 unspecified atom stereocenters. The maximum Gasteiger partial charge on any atom is 0.222 e. The highest BCUT2D eigenvalue weighted by Gasteiger charge is 2.16. The lowest BCUT2D eigenvalue weighted by atomic mass is 10.1. The zero-order valence-corrected chi connectivity index (χ0v) is 36.7. The summed E-state index contributed by atoms with van der Waals surface area (Å²) in [6.45, 7) is 14.7. The minimum Gasteiger partial charge on any atom is -0.340 e. The van der Waals surface area contributed by atoms with E-state index in [1.807, 2.05) is 0 Å². The van der Waals surface area contributed by atoms with E-state index in [2.05, 4.69) is 102 Å². The molecule has 1 rings (SSSR count). The van der Waals surface area contributed by atoms with E-state index in [9.17, 15) is 9.59 Å². The normalized spacial score (nSPS) is 11.4. The van der Waals surface area contributed by atoms with Crippen molar-refractivity contribution >= 4 is 11.8 Å². The smallest absolute Gasteiger partial charge is 0.222 e. The summed E-state index contributed by atoms with van der Waals surface area (Å²) in [5, 5.41) is 22.5. The van der Waals surface area contributed by atoms with Crippen molar-refractivity contribution in [3.05, 3.63) is 30.1 Å². The van der Waals surface area contributed by atoms with Gasteiger partial charge in [-0.2, -0.15) is 10.5 Å². The van der Waals surface area contributed by atoms with Crippen molar-refractivity contribution < 1.29 is 9.59 Å². The first-order chi connectivity index (χ1) is 26.8. The van der Waals surface area contributed by atoms with Gasteiger partial charge in [-0.15, -0.1) is 10.2 Å². The van der Waals surface area contributed by atoms with Crippen LogP contribution in [0.4, 0.5) is 0 Å². The van der Waals surface area contributed by atoms with E-state index >= 15 is 0 Å². The van der Waals surface area contributed by atoms with E-state index < -0.39 is 0 Å². The molecule has 0 aliphatic rings. The summed E-state index contributed by atoms with van der Waals surface area (Å²) < 4.78 is 0. The molecule has 0 aromatic carbocycles. The number of aromatic nitrogens is 4. The fraction of sp³-hybridized carbons (Fsp3) is 0.826. The molecule has 55 heavy (non-hydrogen) atoms. The predicted octanol–water partition coefficient (Wildman–Crippen LogP) is 12.4. The number of carbonyl (C=O) groups is 2. The molecule has 0 radical (unpaired) electrons. The van der Waals surface area contributed by atoms with Crippen LogP contribution in [0.15, 0.2) is 24.3 Å². The highest BCUT2D eigenvalue weighted by molar-refractivity contribution is 5.76. The van der Waals surface area contributed by atoms with Crippen LogP contribution in [0.2, 0.25) is 0 Å². The van der Waals surface area contributed by atoms with Crippen molar-refractivity contribution in [2.75, 3.05) is 13.1 Å². The molecule has 1 aromatic heterocycles. The molecule has 0 aliphatic heterocycles. The fourth-order valence-corrected chi connectivity index (χ4v) is 6.60.